The van der Waals surface area contributed by atoms with Crippen LogP contribution in [0.5, 0.6) is 0 Å². The number of pyridine rings is 1. The van der Waals surface area contributed by atoms with Gasteiger partial charge in [0.15, 0.2) is 5.78 Å². The number of fused-ring (bicyclic) bond motifs is 1. The van der Waals surface area contributed by atoms with E-state index in [-0.39, 0.29) is 5.78 Å². The van der Waals surface area contributed by atoms with Crippen molar-refractivity contribution in [2.75, 3.05) is 0 Å². The number of aromatic nitrogens is 3. The fourth-order valence-corrected chi connectivity index (χ4v) is 2.26. The number of Topliss-reactive ketones (excluding diaryl/α,β-unsaturated/α-hetero) is 1. The maximum Gasteiger partial charge on any atom is 0.163 e. The number of aryl methyl sites for hydroxylation is 2. The zero-order valence-electron chi connectivity index (χ0n) is 11.3. The molecule has 0 radical (unpaired) electrons. The Bertz CT molecular complexity index is 761. The first-order valence-electron chi connectivity index (χ1n) is 6.58. The molecular weight excluding hydrogens is 250 g/mol. The molecule has 3 aromatic rings. The van der Waals surface area contributed by atoms with Crippen molar-refractivity contribution in [1.82, 2.24) is 14.5 Å². The number of carbonyl (C=O) groups excluding carboxylic acids is 1. The summed E-state index contributed by atoms with van der Waals surface area (Å²) in [5.41, 5.74) is 1.65. The van der Waals surface area contributed by atoms with Crippen molar-refractivity contribution in [3.8, 4) is 0 Å². The summed E-state index contributed by atoms with van der Waals surface area (Å²) in [4.78, 5) is 20.7. The molecule has 0 atom stereocenters. The normalized spacial score (nSPS) is 10.8. The zero-order chi connectivity index (χ0) is 13.9. The van der Waals surface area contributed by atoms with Crippen molar-refractivity contribution in [3.05, 3.63) is 60.3 Å². The van der Waals surface area contributed by atoms with Gasteiger partial charge in [-0.05, 0) is 24.3 Å². The standard InChI is InChI=1S/C16H15N3O/c1-19-10-9-18-16(19)7-6-15(20)13-4-5-14-12(11-13)3-2-8-17-14/h2-5,8-11H,6-7H2,1H3. The fourth-order valence-electron chi connectivity index (χ4n) is 2.26. The highest BCUT2D eigenvalue weighted by atomic mass is 16.1. The minimum absolute atomic E-state index is 0.138. The van der Waals surface area contributed by atoms with Gasteiger partial charge in [0.1, 0.15) is 5.82 Å². The predicted molar refractivity (Wildman–Crippen MR) is 77.6 cm³/mol. The molecule has 0 amide bonds. The highest BCUT2D eigenvalue weighted by Gasteiger charge is 2.09. The Morgan fingerprint density at radius 1 is 1.20 bits per heavy atom. The van der Waals surface area contributed by atoms with Crippen LogP contribution in [0.3, 0.4) is 0 Å². The van der Waals surface area contributed by atoms with Crippen LogP contribution >= 0.6 is 0 Å². The molecule has 0 unspecified atom stereocenters. The minimum Gasteiger partial charge on any atom is -0.338 e. The molecule has 4 heteroatoms. The maximum absolute atomic E-state index is 12.2. The van der Waals surface area contributed by atoms with E-state index in [1.165, 1.54) is 0 Å². The van der Waals surface area contributed by atoms with E-state index in [0.29, 0.717) is 12.8 Å². The zero-order valence-corrected chi connectivity index (χ0v) is 11.3. The predicted octanol–water partition coefficient (Wildman–Crippen LogP) is 2.78. The van der Waals surface area contributed by atoms with E-state index < -0.39 is 0 Å². The number of rotatable bonds is 4. The van der Waals surface area contributed by atoms with Crippen molar-refractivity contribution in [2.45, 2.75) is 12.8 Å². The first kappa shape index (κ1) is 12.5. The lowest BCUT2D eigenvalue weighted by atomic mass is 10.0. The van der Waals surface area contributed by atoms with Crippen molar-refractivity contribution in [2.24, 2.45) is 7.05 Å². The van der Waals surface area contributed by atoms with E-state index >= 15 is 0 Å². The molecule has 0 bridgehead atoms. The molecular formula is C16H15N3O. The second-order valence-electron chi connectivity index (χ2n) is 4.79. The first-order chi connectivity index (χ1) is 9.74. The van der Waals surface area contributed by atoms with E-state index in [1.54, 1.807) is 12.4 Å². The Balaban J connectivity index is 1.77. The summed E-state index contributed by atoms with van der Waals surface area (Å²) in [7, 11) is 1.94. The molecule has 0 N–H and O–H groups in total. The summed E-state index contributed by atoms with van der Waals surface area (Å²) in [6.07, 6.45) is 6.53. The Kier molecular flexibility index (Phi) is 3.29. The molecule has 1 aromatic carbocycles. The summed E-state index contributed by atoms with van der Waals surface area (Å²) in [5, 5.41) is 0.996. The van der Waals surface area contributed by atoms with E-state index in [2.05, 4.69) is 9.97 Å². The maximum atomic E-state index is 12.2. The molecule has 100 valence electrons. The largest absolute Gasteiger partial charge is 0.338 e. The third kappa shape index (κ3) is 2.45. The molecule has 0 aliphatic carbocycles. The number of hydrogen-bond acceptors (Lipinski definition) is 3. The quantitative estimate of drug-likeness (QED) is 0.681. The topological polar surface area (TPSA) is 47.8 Å². The van der Waals surface area contributed by atoms with Crippen molar-refractivity contribution < 1.29 is 4.79 Å². The molecule has 2 aromatic heterocycles. The lowest BCUT2D eigenvalue weighted by molar-refractivity contribution is 0.0982. The lowest BCUT2D eigenvalue weighted by Gasteiger charge is -2.03. The van der Waals surface area contributed by atoms with Gasteiger partial charge in [0.05, 0.1) is 5.52 Å². The molecule has 0 saturated heterocycles. The van der Waals surface area contributed by atoms with Crippen LogP contribution in [0.15, 0.2) is 48.9 Å². The molecule has 4 nitrogen and oxygen atoms in total. The van der Waals surface area contributed by atoms with Gasteiger partial charge in [-0.2, -0.15) is 0 Å². The number of imidazole rings is 1. The van der Waals surface area contributed by atoms with Gasteiger partial charge < -0.3 is 4.57 Å². The van der Waals surface area contributed by atoms with Crippen LogP contribution in [-0.2, 0) is 13.5 Å². The van der Waals surface area contributed by atoms with Gasteiger partial charge in [0, 0.05) is 49.4 Å². The molecule has 0 fully saturated rings. The third-order valence-electron chi connectivity index (χ3n) is 3.42. The number of benzene rings is 1. The van der Waals surface area contributed by atoms with Crippen molar-refractivity contribution in [1.29, 1.82) is 0 Å². The van der Waals surface area contributed by atoms with Crippen LogP contribution in [0.1, 0.15) is 22.6 Å². The summed E-state index contributed by atoms with van der Waals surface area (Å²) in [6, 6.07) is 9.49. The summed E-state index contributed by atoms with van der Waals surface area (Å²) in [6.45, 7) is 0. The van der Waals surface area contributed by atoms with Gasteiger partial charge in [-0.3, -0.25) is 9.78 Å². The van der Waals surface area contributed by atoms with E-state index in [4.69, 9.17) is 0 Å². The third-order valence-corrected chi connectivity index (χ3v) is 3.42. The average Bonchev–Trinajstić information content (AvgIpc) is 2.89. The molecule has 2 heterocycles. The highest BCUT2D eigenvalue weighted by molar-refractivity contribution is 5.99. The summed E-state index contributed by atoms with van der Waals surface area (Å²) in [5.74, 6) is 1.07. The monoisotopic (exact) mass is 265 g/mol. The highest BCUT2D eigenvalue weighted by Crippen LogP contribution is 2.15. The van der Waals surface area contributed by atoms with Crippen LogP contribution in [0, 0.1) is 0 Å². The van der Waals surface area contributed by atoms with Crippen LogP contribution in [-0.4, -0.2) is 20.3 Å². The summed E-state index contributed by atoms with van der Waals surface area (Å²) >= 11 is 0. The first-order valence-corrected chi connectivity index (χ1v) is 6.58. The van der Waals surface area contributed by atoms with Crippen LogP contribution < -0.4 is 0 Å². The van der Waals surface area contributed by atoms with Gasteiger partial charge >= 0.3 is 0 Å². The van der Waals surface area contributed by atoms with E-state index in [0.717, 1.165) is 22.3 Å². The number of carbonyl (C=O) groups is 1. The number of nitrogens with zero attached hydrogens (tertiary/aromatic N) is 3. The van der Waals surface area contributed by atoms with Crippen molar-refractivity contribution in [3.63, 3.8) is 0 Å². The fraction of sp³-hybridized carbons (Fsp3) is 0.188. The molecule has 3 rings (SSSR count). The number of ketones is 1. The Labute approximate surface area is 117 Å². The Morgan fingerprint density at radius 3 is 2.90 bits per heavy atom. The van der Waals surface area contributed by atoms with Gasteiger partial charge in [-0.25, -0.2) is 4.98 Å². The van der Waals surface area contributed by atoms with Gasteiger partial charge in [0.25, 0.3) is 0 Å². The van der Waals surface area contributed by atoms with Crippen molar-refractivity contribution >= 4 is 16.7 Å². The van der Waals surface area contributed by atoms with E-state index in [1.807, 2.05) is 48.1 Å². The molecule has 0 aliphatic rings. The second-order valence-corrected chi connectivity index (χ2v) is 4.79. The molecule has 20 heavy (non-hydrogen) atoms. The number of hydrogen-bond donors (Lipinski definition) is 0. The lowest BCUT2D eigenvalue weighted by Crippen LogP contribution is -2.04. The smallest absolute Gasteiger partial charge is 0.163 e. The SMILES string of the molecule is Cn1ccnc1CCC(=O)c1ccc2ncccc2c1. The molecule has 0 saturated carbocycles. The Hall–Kier alpha value is -2.49. The minimum atomic E-state index is 0.138. The molecule has 0 spiro atoms. The van der Waals surface area contributed by atoms with E-state index in [9.17, 15) is 4.79 Å². The van der Waals surface area contributed by atoms with Gasteiger partial charge in [0.2, 0.25) is 0 Å². The Morgan fingerprint density at radius 2 is 2.10 bits per heavy atom. The van der Waals surface area contributed by atoms with Gasteiger partial charge in [-0.1, -0.05) is 6.07 Å². The molecule has 0 aliphatic heterocycles. The van der Waals surface area contributed by atoms with Crippen LogP contribution in [0.4, 0.5) is 0 Å². The summed E-state index contributed by atoms with van der Waals surface area (Å²) < 4.78 is 1.94. The van der Waals surface area contributed by atoms with Gasteiger partial charge in [-0.15, -0.1) is 0 Å². The van der Waals surface area contributed by atoms with Crippen LogP contribution in [0.25, 0.3) is 10.9 Å². The van der Waals surface area contributed by atoms with Crippen LogP contribution in [0.2, 0.25) is 0 Å². The average molecular weight is 265 g/mol. The second kappa shape index (κ2) is 5.25.